The van der Waals surface area contributed by atoms with E-state index in [2.05, 4.69) is 42.2 Å². The zero-order chi connectivity index (χ0) is 15.2. The van der Waals surface area contributed by atoms with E-state index in [1.807, 2.05) is 24.3 Å². The van der Waals surface area contributed by atoms with E-state index < -0.39 is 0 Å². The molecule has 2 aromatic rings. The van der Waals surface area contributed by atoms with Crippen LogP contribution in [0.5, 0.6) is 0 Å². The number of hydrogen-bond acceptors (Lipinski definition) is 2. The molecule has 0 bridgehead atoms. The minimum absolute atomic E-state index is 0.384. The van der Waals surface area contributed by atoms with E-state index in [9.17, 15) is 0 Å². The lowest BCUT2D eigenvalue weighted by Crippen LogP contribution is -3.06. The third-order valence-corrected chi connectivity index (χ3v) is 4.64. The van der Waals surface area contributed by atoms with Gasteiger partial charge in [-0.1, -0.05) is 17.7 Å². The first-order valence-electron chi connectivity index (χ1n) is 6.70. The Labute approximate surface area is 139 Å². The van der Waals surface area contributed by atoms with Gasteiger partial charge in [-0.3, -0.25) is 0 Å². The molecule has 3 N–H and O–H groups in total. The van der Waals surface area contributed by atoms with Crippen LogP contribution in [0.3, 0.4) is 0 Å². The summed E-state index contributed by atoms with van der Waals surface area (Å²) in [6.07, 6.45) is 0. The van der Waals surface area contributed by atoms with Crippen LogP contribution in [0, 0.1) is 0 Å². The van der Waals surface area contributed by atoms with Crippen molar-refractivity contribution in [3.63, 3.8) is 0 Å². The average molecular weight is 341 g/mol. The van der Waals surface area contributed by atoms with Crippen LogP contribution in [-0.4, -0.2) is 25.8 Å². The number of anilines is 1. The van der Waals surface area contributed by atoms with Crippen molar-refractivity contribution in [3.05, 3.63) is 51.7 Å². The number of nitrogens with one attached hydrogen (secondary N) is 3. The predicted octanol–water partition coefficient (Wildman–Crippen LogP) is 2.57. The maximum atomic E-state index is 5.86. The molecule has 21 heavy (non-hydrogen) atoms. The number of quaternary nitrogens is 1. The second-order valence-electron chi connectivity index (χ2n) is 4.99. The second kappa shape index (κ2) is 7.75. The molecule has 0 aliphatic carbocycles. The molecule has 0 radical (unpaired) electrons. The molecular weight excluding hydrogens is 322 g/mol. The smallest absolute Gasteiger partial charge is 0.171 e. The summed E-state index contributed by atoms with van der Waals surface area (Å²) < 4.78 is 0. The van der Waals surface area contributed by atoms with E-state index in [1.165, 1.54) is 9.78 Å². The number of halogens is 1. The molecule has 1 heterocycles. The van der Waals surface area contributed by atoms with Crippen LogP contribution >= 0.6 is 35.2 Å². The van der Waals surface area contributed by atoms with Crippen LogP contribution in [0.25, 0.3) is 0 Å². The molecule has 1 aromatic carbocycles. The number of likely N-dealkylation sites (N-methyl/N-ethyl adjacent to an activating group) is 1. The topological polar surface area (TPSA) is 28.5 Å². The minimum Gasteiger partial charge on any atom is -0.356 e. The molecule has 6 heteroatoms. The van der Waals surface area contributed by atoms with Gasteiger partial charge < -0.3 is 15.5 Å². The Morgan fingerprint density at radius 3 is 2.57 bits per heavy atom. The second-order valence-corrected chi connectivity index (χ2v) is 6.81. The normalized spacial score (nSPS) is 12.2. The molecule has 0 fully saturated rings. The van der Waals surface area contributed by atoms with Crippen molar-refractivity contribution in [2.24, 2.45) is 0 Å². The van der Waals surface area contributed by atoms with Gasteiger partial charge in [0.05, 0.1) is 25.5 Å². The molecule has 2 rings (SSSR count). The minimum atomic E-state index is 0.384. The summed E-state index contributed by atoms with van der Waals surface area (Å²) in [5.41, 5.74) is 0.932. The van der Waals surface area contributed by atoms with Gasteiger partial charge in [-0.05, 0) is 47.9 Å². The van der Waals surface area contributed by atoms with E-state index in [1.54, 1.807) is 11.3 Å². The van der Waals surface area contributed by atoms with Crippen LogP contribution in [0.4, 0.5) is 5.69 Å². The zero-order valence-corrected chi connectivity index (χ0v) is 14.4. The third kappa shape index (κ3) is 4.97. The van der Waals surface area contributed by atoms with Crippen LogP contribution in [0.15, 0.2) is 41.8 Å². The van der Waals surface area contributed by atoms with Crippen molar-refractivity contribution in [1.82, 2.24) is 5.32 Å². The summed E-state index contributed by atoms with van der Waals surface area (Å²) in [5.74, 6) is 0. The van der Waals surface area contributed by atoms with Gasteiger partial charge in [0.2, 0.25) is 0 Å². The highest BCUT2D eigenvalue weighted by Crippen LogP contribution is 2.16. The highest BCUT2D eigenvalue weighted by molar-refractivity contribution is 7.80. The fourth-order valence-electron chi connectivity index (χ4n) is 1.98. The first-order valence-corrected chi connectivity index (χ1v) is 8.36. The molecular formula is C15H19ClN3S2+. The average Bonchev–Trinajstić information content (AvgIpc) is 2.95. The van der Waals surface area contributed by atoms with Crippen LogP contribution in [0.2, 0.25) is 5.02 Å². The van der Waals surface area contributed by atoms with Crippen molar-refractivity contribution in [3.8, 4) is 0 Å². The lowest BCUT2D eigenvalue weighted by Gasteiger charge is -2.21. The number of thiophene rings is 1. The van der Waals surface area contributed by atoms with Gasteiger partial charge in [-0.25, -0.2) is 0 Å². The molecule has 0 saturated heterocycles. The molecule has 0 aliphatic rings. The van der Waals surface area contributed by atoms with Gasteiger partial charge in [0.15, 0.2) is 5.11 Å². The largest absolute Gasteiger partial charge is 0.356 e. The first-order chi connectivity index (χ1) is 10.1. The SMILES string of the molecule is C[NH+](C)[C@H](CNC(=S)Nc1ccc(Cl)cc1)c1cccs1. The van der Waals surface area contributed by atoms with Gasteiger partial charge in [-0.2, -0.15) is 0 Å². The monoisotopic (exact) mass is 340 g/mol. The molecule has 112 valence electrons. The summed E-state index contributed by atoms with van der Waals surface area (Å²) >= 11 is 13.0. The molecule has 0 saturated carbocycles. The summed E-state index contributed by atoms with van der Waals surface area (Å²) in [5, 5.41) is 9.90. The highest BCUT2D eigenvalue weighted by atomic mass is 35.5. The Kier molecular flexibility index (Phi) is 5.99. The molecule has 0 amide bonds. The van der Waals surface area contributed by atoms with Crippen LogP contribution < -0.4 is 15.5 Å². The Morgan fingerprint density at radius 1 is 1.29 bits per heavy atom. The van der Waals surface area contributed by atoms with Crippen LogP contribution in [-0.2, 0) is 0 Å². The molecule has 1 atom stereocenters. The van der Waals surface area contributed by atoms with Crippen molar-refractivity contribution in [2.75, 3.05) is 26.0 Å². The Bertz CT molecular complexity index is 567. The van der Waals surface area contributed by atoms with Crippen molar-refractivity contribution in [2.45, 2.75) is 6.04 Å². The molecule has 1 aromatic heterocycles. The predicted molar refractivity (Wildman–Crippen MR) is 95.5 cm³/mol. The third-order valence-electron chi connectivity index (χ3n) is 3.15. The first kappa shape index (κ1) is 16.2. The quantitative estimate of drug-likeness (QED) is 0.731. The fraction of sp³-hybridized carbons (Fsp3) is 0.267. The summed E-state index contributed by atoms with van der Waals surface area (Å²) in [4.78, 5) is 2.73. The number of hydrogen-bond donors (Lipinski definition) is 3. The van der Waals surface area contributed by atoms with Gasteiger partial charge in [0, 0.05) is 10.7 Å². The lowest BCUT2D eigenvalue weighted by molar-refractivity contribution is -0.890. The molecule has 0 spiro atoms. The van der Waals surface area contributed by atoms with E-state index in [0.29, 0.717) is 16.2 Å². The van der Waals surface area contributed by atoms with E-state index >= 15 is 0 Å². The summed E-state index contributed by atoms with van der Waals surface area (Å²) in [6.45, 7) is 0.794. The van der Waals surface area contributed by atoms with Gasteiger partial charge in [0.25, 0.3) is 0 Å². The number of thiocarbonyl (C=S) groups is 1. The van der Waals surface area contributed by atoms with Gasteiger partial charge in [0.1, 0.15) is 6.04 Å². The number of rotatable bonds is 5. The fourth-order valence-corrected chi connectivity index (χ4v) is 3.26. The molecule has 3 nitrogen and oxygen atoms in total. The summed E-state index contributed by atoms with van der Waals surface area (Å²) in [6, 6.07) is 12.1. The standard InChI is InChI=1S/C15H18ClN3S2/c1-19(2)13(14-4-3-9-21-14)10-17-15(20)18-12-7-5-11(16)6-8-12/h3-9,13H,10H2,1-2H3,(H2,17,18,20)/p+1/t13-/m1/s1. The maximum Gasteiger partial charge on any atom is 0.171 e. The highest BCUT2D eigenvalue weighted by Gasteiger charge is 2.18. The van der Waals surface area contributed by atoms with Gasteiger partial charge in [-0.15, -0.1) is 11.3 Å². The van der Waals surface area contributed by atoms with Gasteiger partial charge >= 0.3 is 0 Å². The number of benzene rings is 1. The van der Waals surface area contributed by atoms with E-state index in [4.69, 9.17) is 23.8 Å². The lowest BCUT2D eigenvalue weighted by atomic mass is 10.2. The van der Waals surface area contributed by atoms with Crippen molar-refractivity contribution < 1.29 is 4.90 Å². The Hall–Kier alpha value is -1.14. The van der Waals surface area contributed by atoms with E-state index in [-0.39, 0.29) is 0 Å². The summed E-state index contributed by atoms with van der Waals surface area (Å²) in [7, 11) is 4.31. The van der Waals surface area contributed by atoms with Crippen LogP contribution in [0.1, 0.15) is 10.9 Å². The molecule has 0 unspecified atom stereocenters. The zero-order valence-electron chi connectivity index (χ0n) is 12.0. The maximum absolute atomic E-state index is 5.86. The Balaban J connectivity index is 1.89. The van der Waals surface area contributed by atoms with Crippen molar-refractivity contribution in [1.29, 1.82) is 0 Å². The van der Waals surface area contributed by atoms with Crippen molar-refractivity contribution >= 4 is 46.0 Å². The van der Waals surface area contributed by atoms with E-state index in [0.717, 1.165) is 12.2 Å². The molecule has 0 aliphatic heterocycles. The Morgan fingerprint density at radius 2 is 2.00 bits per heavy atom.